The molecule has 0 radical (unpaired) electrons. The summed E-state index contributed by atoms with van der Waals surface area (Å²) in [5.41, 5.74) is 1.47. The third-order valence-electron chi connectivity index (χ3n) is 5.84. The molecule has 0 saturated heterocycles. The maximum absolute atomic E-state index is 12.8. The van der Waals surface area contributed by atoms with E-state index >= 15 is 0 Å². The fourth-order valence-electron chi connectivity index (χ4n) is 4.06. The van der Waals surface area contributed by atoms with Gasteiger partial charge in [-0.25, -0.2) is 4.79 Å². The predicted molar refractivity (Wildman–Crippen MR) is 117 cm³/mol. The van der Waals surface area contributed by atoms with Crippen molar-refractivity contribution >= 4 is 22.7 Å². The first kappa shape index (κ1) is 20.1. The molecule has 0 aromatic heterocycles. The number of carbonyl (C=O) groups excluding carboxylic acids is 2. The van der Waals surface area contributed by atoms with Crippen molar-refractivity contribution in [1.82, 2.24) is 0 Å². The van der Waals surface area contributed by atoms with Crippen LogP contribution in [-0.4, -0.2) is 11.9 Å². The lowest BCUT2D eigenvalue weighted by molar-refractivity contribution is -0.140. The molecular weight excluding hydrogens is 376 g/mol. The number of ether oxygens (including phenoxy) is 2. The topological polar surface area (TPSA) is 52.6 Å². The van der Waals surface area contributed by atoms with Gasteiger partial charge < -0.3 is 9.47 Å². The highest BCUT2D eigenvalue weighted by molar-refractivity contribution is 5.99. The molecule has 1 fully saturated rings. The van der Waals surface area contributed by atoms with Crippen LogP contribution in [0.4, 0.5) is 0 Å². The maximum atomic E-state index is 12.8. The van der Waals surface area contributed by atoms with Gasteiger partial charge in [-0.2, -0.15) is 0 Å². The summed E-state index contributed by atoms with van der Waals surface area (Å²) in [4.78, 5) is 25.5. The van der Waals surface area contributed by atoms with Crippen molar-refractivity contribution in [1.29, 1.82) is 0 Å². The maximum Gasteiger partial charge on any atom is 0.343 e. The summed E-state index contributed by atoms with van der Waals surface area (Å²) in [6.07, 6.45) is 3.82. The van der Waals surface area contributed by atoms with Crippen molar-refractivity contribution in [3.63, 3.8) is 0 Å². The Hall–Kier alpha value is -3.14. The fraction of sp³-hybridized carbons (Fsp3) is 0.308. The van der Waals surface area contributed by atoms with Crippen molar-refractivity contribution in [2.24, 2.45) is 11.8 Å². The molecule has 1 saturated carbocycles. The van der Waals surface area contributed by atoms with E-state index in [2.05, 4.69) is 6.92 Å². The molecule has 1 aliphatic rings. The number of carbonyl (C=O) groups is 2. The number of benzene rings is 3. The summed E-state index contributed by atoms with van der Waals surface area (Å²) >= 11 is 0. The molecule has 0 aliphatic heterocycles. The van der Waals surface area contributed by atoms with Gasteiger partial charge in [-0.3, -0.25) is 4.79 Å². The molecule has 4 rings (SSSR count). The zero-order valence-corrected chi connectivity index (χ0v) is 17.4. The van der Waals surface area contributed by atoms with Gasteiger partial charge in [-0.1, -0.05) is 48.9 Å². The third kappa shape index (κ3) is 4.38. The highest BCUT2D eigenvalue weighted by Crippen LogP contribution is 2.36. The normalized spacial score (nSPS) is 18.7. The summed E-state index contributed by atoms with van der Waals surface area (Å²) in [5.74, 6) is 0.781. The highest BCUT2D eigenvalue weighted by Gasteiger charge is 2.26. The Balaban J connectivity index is 1.61. The van der Waals surface area contributed by atoms with E-state index in [1.165, 1.54) is 0 Å². The van der Waals surface area contributed by atoms with E-state index in [1.54, 1.807) is 24.3 Å². The summed E-state index contributed by atoms with van der Waals surface area (Å²) in [5, 5.41) is 1.49. The Morgan fingerprint density at radius 2 is 1.47 bits per heavy atom. The monoisotopic (exact) mass is 402 g/mol. The number of aryl methyl sites for hydroxylation is 1. The SMILES string of the molecule is Cc1cccc(C(=O)Oc2cccc3cccc(OC(=O)C4CCC(C)CC4)c23)c1. The number of rotatable bonds is 4. The van der Waals surface area contributed by atoms with Crippen LogP contribution >= 0.6 is 0 Å². The second-order valence-electron chi connectivity index (χ2n) is 8.25. The molecule has 3 aromatic rings. The van der Waals surface area contributed by atoms with Gasteiger partial charge in [0, 0.05) is 0 Å². The Morgan fingerprint density at radius 3 is 2.13 bits per heavy atom. The Bertz CT molecular complexity index is 1070. The van der Waals surface area contributed by atoms with Crippen LogP contribution in [0.1, 0.15) is 48.5 Å². The van der Waals surface area contributed by atoms with Crippen LogP contribution in [0.15, 0.2) is 60.7 Å². The van der Waals surface area contributed by atoms with E-state index in [0.717, 1.165) is 36.6 Å². The minimum atomic E-state index is -0.436. The van der Waals surface area contributed by atoms with Gasteiger partial charge in [0.05, 0.1) is 16.9 Å². The van der Waals surface area contributed by atoms with Gasteiger partial charge in [0.2, 0.25) is 0 Å². The van der Waals surface area contributed by atoms with E-state index in [0.29, 0.717) is 28.4 Å². The first-order valence-electron chi connectivity index (χ1n) is 10.5. The molecule has 0 amide bonds. The van der Waals surface area contributed by atoms with Gasteiger partial charge in [0.1, 0.15) is 11.5 Å². The standard InChI is InChI=1S/C26H26O4/c1-17-12-14-20(15-13-17)25(27)29-22-10-4-7-19-8-5-11-23(24(19)22)30-26(28)21-9-3-6-18(2)16-21/h3-11,16-17,20H,12-15H2,1-2H3. The molecule has 4 heteroatoms. The van der Waals surface area contributed by atoms with Crippen LogP contribution in [0.2, 0.25) is 0 Å². The van der Waals surface area contributed by atoms with Crippen molar-refractivity contribution < 1.29 is 19.1 Å². The Morgan fingerprint density at radius 1 is 0.833 bits per heavy atom. The van der Waals surface area contributed by atoms with Gasteiger partial charge in [-0.15, -0.1) is 0 Å². The molecule has 0 N–H and O–H groups in total. The first-order chi connectivity index (χ1) is 14.5. The van der Waals surface area contributed by atoms with E-state index in [-0.39, 0.29) is 11.9 Å². The van der Waals surface area contributed by atoms with Crippen LogP contribution in [0, 0.1) is 18.8 Å². The van der Waals surface area contributed by atoms with Crippen LogP contribution in [0.5, 0.6) is 11.5 Å². The summed E-state index contributed by atoms with van der Waals surface area (Å²) in [7, 11) is 0. The quantitative estimate of drug-likeness (QED) is 0.391. The van der Waals surface area contributed by atoms with Crippen LogP contribution < -0.4 is 9.47 Å². The summed E-state index contributed by atoms with van der Waals surface area (Å²) in [6, 6.07) is 18.3. The first-order valence-corrected chi connectivity index (χ1v) is 10.5. The van der Waals surface area contributed by atoms with Gasteiger partial charge in [0.15, 0.2) is 0 Å². The molecule has 0 unspecified atom stereocenters. The molecule has 4 nitrogen and oxygen atoms in total. The highest BCUT2D eigenvalue weighted by atomic mass is 16.5. The minimum absolute atomic E-state index is 0.0709. The average molecular weight is 402 g/mol. The zero-order valence-electron chi connectivity index (χ0n) is 17.4. The van der Waals surface area contributed by atoms with Gasteiger partial charge in [0.25, 0.3) is 0 Å². The lowest BCUT2D eigenvalue weighted by Gasteiger charge is -2.24. The zero-order chi connectivity index (χ0) is 21.1. The van der Waals surface area contributed by atoms with Crippen molar-refractivity contribution in [2.45, 2.75) is 39.5 Å². The number of hydrogen-bond acceptors (Lipinski definition) is 4. The van der Waals surface area contributed by atoms with Crippen molar-refractivity contribution in [3.8, 4) is 11.5 Å². The molecule has 0 spiro atoms. The molecule has 3 aromatic carbocycles. The second-order valence-corrected chi connectivity index (χ2v) is 8.25. The van der Waals surface area contributed by atoms with Crippen molar-refractivity contribution in [3.05, 3.63) is 71.8 Å². The molecule has 0 heterocycles. The van der Waals surface area contributed by atoms with Gasteiger partial charge >= 0.3 is 11.9 Å². The average Bonchev–Trinajstić information content (AvgIpc) is 2.74. The van der Waals surface area contributed by atoms with E-state index in [9.17, 15) is 9.59 Å². The van der Waals surface area contributed by atoms with Crippen LogP contribution in [0.3, 0.4) is 0 Å². The lowest BCUT2D eigenvalue weighted by Crippen LogP contribution is -2.25. The molecule has 1 aliphatic carbocycles. The largest absolute Gasteiger partial charge is 0.426 e. The number of hydrogen-bond donors (Lipinski definition) is 0. The van der Waals surface area contributed by atoms with Crippen LogP contribution in [-0.2, 0) is 4.79 Å². The summed E-state index contributed by atoms with van der Waals surface area (Å²) in [6.45, 7) is 4.15. The molecule has 154 valence electrons. The lowest BCUT2D eigenvalue weighted by atomic mass is 9.83. The molecular formula is C26H26O4. The number of esters is 2. The second kappa shape index (κ2) is 8.70. The van der Waals surface area contributed by atoms with E-state index in [1.807, 2.05) is 43.3 Å². The van der Waals surface area contributed by atoms with E-state index < -0.39 is 5.97 Å². The number of fused-ring (bicyclic) bond motifs is 1. The molecule has 0 atom stereocenters. The van der Waals surface area contributed by atoms with Gasteiger partial charge in [-0.05, 0) is 68.2 Å². The fourth-order valence-corrected chi connectivity index (χ4v) is 4.06. The smallest absolute Gasteiger partial charge is 0.343 e. The molecule has 0 bridgehead atoms. The Kier molecular flexibility index (Phi) is 5.84. The predicted octanol–water partition coefficient (Wildman–Crippen LogP) is 6.10. The Labute approximate surface area is 176 Å². The minimum Gasteiger partial charge on any atom is -0.426 e. The van der Waals surface area contributed by atoms with E-state index in [4.69, 9.17) is 9.47 Å². The summed E-state index contributed by atoms with van der Waals surface area (Å²) < 4.78 is 11.5. The molecule has 30 heavy (non-hydrogen) atoms. The third-order valence-corrected chi connectivity index (χ3v) is 5.84. The van der Waals surface area contributed by atoms with Crippen LogP contribution in [0.25, 0.3) is 10.8 Å². The van der Waals surface area contributed by atoms with Crippen molar-refractivity contribution in [2.75, 3.05) is 0 Å².